The largest absolute Gasteiger partial charge is 0.481 e. The Hall–Kier alpha value is -2.30. The first-order valence-corrected chi connectivity index (χ1v) is 6.55. The van der Waals surface area contributed by atoms with Crippen molar-refractivity contribution >= 4 is 5.97 Å². The highest BCUT2D eigenvalue weighted by molar-refractivity contribution is 5.86. The molecule has 5 heteroatoms. The zero-order valence-electron chi connectivity index (χ0n) is 11.5. The van der Waals surface area contributed by atoms with Crippen molar-refractivity contribution in [2.24, 2.45) is 7.05 Å². The van der Waals surface area contributed by atoms with E-state index in [-0.39, 0.29) is 5.69 Å². The van der Waals surface area contributed by atoms with Gasteiger partial charge in [0.2, 0.25) is 0 Å². The number of aromatic nitrogens is 2. The first kappa shape index (κ1) is 12.7. The van der Waals surface area contributed by atoms with Gasteiger partial charge in [0, 0.05) is 18.9 Å². The average Bonchev–Trinajstić information content (AvgIpc) is 3.16. The molecule has 1 N–H and O–H groups in total. The van der Waals surface area contributed by atoms with Crippen LogP contribution in [0.4, 0.5) is 0 Å². The summed E-state index contributed by atoms with van der Waals surface area (Å²) in [5.74, 6) is -0.813. The average molecular weight is 272 g/mol. The molecular weight excluding hydrogens is 256 g/mol. The predicted molar refractivity (Wildman–Crippen MR) is 74.3 cm³/mol. The van der Waals surface area contributed by atoms with Crippen LogP contribution in [0.15, 0.2) is 35.3 Å². The Bertz CT molecular complexity index is 751. The van der Waals surface area contributed by atoms with Crippen molar-refractivity contribution < 1.29 is 9.90 Å². The summed E-state index contributed by atoms with van der Waals surface area (Å²) in [5, 5.41) is 9.48. The van der Waals surface area contributed by atoms with Gasteiger partial charge < -0.3 is 9.67 Å². The van der Waals surface area contributed by atoms with Gasteiger partial charge in [-0.15, -0.1) is 0 Å². The Labute approximate surface area is 116 Å². The minimum absolute atomic E-state index is 0.156. The normalized spacial score (nSPS) is 16.1. The smallest absolute Gasteiger partial charge is 0.332 e. The molecule has 0 amide bonds. The van der Waals surface area contributed by atoms with Crippen molar-refractivity contribution in [1.29, 1.82) is 0 Å². The number of carboxylic acid groups (broad SMARTS) is 1. The second kappa shape index (κ2) is 4.10. The lowest BCUT2D eigenvalue weighted by atomic mass is 9.94. The first-order valence-electron chi connectivity index (χ1n) is 6.55. The lowest BCUT2D eigenvalue weighted by molar-refractivity contribution is -0.140. The van der Waals surface area contributed by atoms with Crippen molar-refractivity contribution in [2.75, 3.05) is 0 Å². The van der Waals surface area contributed by atoms with Gasteiger partial charge in [-0.2, -0.15) is 0 Å². The van der Waals surface area contributed by atoms with E-state index in [2.05, 4.69) is 0 Å². The van der Waals surface area contributed by atoms with Crippen LogP contribution in [0.1, 0.15) is 24.1 Å². The minimum atomic E-state index is -0.821. The van der Waals surface area contributed by atoms with E-state index < -0.39 is 11.4 Å². The van der Waals surface area contributed by atoms with Crippen LogP contribution in [-0.2, 0) is 17.3 Å². The third kappa shape index (κ3) is 1.62. The van der Waals surface area contributed by atoms with Crippen molar-refractivity contribution in [2.45, 2.75) is 25.2 Å². The van der Waals surface area contributed by atoms with Crippen LogP contribution in [-0.4, -0.2) is 20.2 Å². The molecule has 0 radical (unpaired) electrons. The van der Waals surface area contributed by atoms with E-state index >= 15 is 0 Å². The monoisotopic (exact) mass is 272 g/mol. The number of aryl methyl sites for hydroxylation is 2. The highest BCUT2D eigenvalue weighted by Crippen LogP contribution is 2.50. The van der Waals surface area contributed by atoms with Crippen LogP contribution in [0.3, 0.4) is 0 Å². The Morgan fingerprint density at radius 2 is 1.95 bits per heavy atom. The fourth-order valence-corrected chi connectivity index (χ4v) is 2.79. The molecule has 1 saturated carbocycles. The van der Waals surface area contributed by atoms with Gasteiger partial charge in [0.1, 0.15) is 0 Å². The zero-order valence-corrected chi connectivity index (χ0v) is 11.5. The fraction of sp³-hybridized carbons (Fsp3) is 0.333. The summed E-state index contributed by atoms with van der Waals surface area (Å²) in [7, 11) is 1.69. The summed E-state index contributed by atoms with van der Waals surface area (Å²) in [6.07, 6.45) is 3.00. The van der Waals surface area contributed by atoms with E-state index in [4.69, 9.17) is 0 Å². The van der Waals surface area contributed by atoms with Crippen molar-refractivity contribution in [3.8, 4) is 5.69 Å². The molecule has 1 aromatic heterocycles. The van der Waals surface area contributed by atoms with E-state index in [0.717, 1.165) is 11.3 Å². The molecule has 20 heavy (non-hydrogen) atoms. The lowest BCUT2D eigenvalue weighted by Gasteiger charge is -2.16. The number of nitrogens with zero attached hydrogens (tertiary/aromatic N) is 2. The summed E-state index contributed by atoms with van der Waals surface area (Å²) in [5.41, 5.74) is 1.22. The van der Waals surface area contributed by atoms with E-state index in [0.29, 0.717) is 18.5 Å². The second-order valence-corrected chi connectivity index (χ2v) is 5.40. The molecule has 3 rings (SSSR count). The van der Waals surface area contributed by atoms with E-state index in [1.807, 2.05) is 31.2 Å². The number of aliphatic carboxylic acids is 1. The Kier molecular flexibility index (Phi) is 2.61. The molecule has 0 unspecified atom stereocenters. The first-order chi connectivity index (χ1) is 9.47. The number of hydrogen-bond donors (Lipinski definition) is 1. The molecule has 1 aromatic carbocycles. The zero-order chi connectivity index (χ0) is 14.5. The summed E-state index contributed by atoms with van der Waals surface area (Å²) in [6, 6.07) is 7.28. The number of rotatable bonds is 3. The predicted octanol–water partition coefficient (Wildman–Crippen LogP) is 1.60. The Morgan fingerprint density at radius 1 is 1.30 bits per heavy atom. The summed E-state index contributed by atoms with van der Waals surface area (Å²) in [4.78, 5) is 23.8. The molecule has 0 atom stereocenters. The maximum absolute atomic E-state index is 12.2. The van der Waals surface area contributed by atoms with Crippen LogP contribution < -0.4 is 5.69 Å². The quantitative estimate of drug-likeness (QED) is 0.923. The molecule has 1 fully saturated rings. The van der Waals surface area contributed by atoms with Gasteiger partial charge in [-0.3, -0.25) is 9.36 Å². The summed E-state index contributed by atoms with van der Waals surface area (Å²) in [6.45, 7) is 1.85. The number of imidazole rings is 1. The van der Waals surface area contributed by atoms with Crippen LogP contribution in [0.25, 0.3) is 5.69 Å². The third-order valence-corrected chi connectivity index (χ3v) is 4.05. The molecule has 5 nitrogen and oxygen atoms in total. The lowest BCUT2D eigenvalue weighted by Crippen LogP contribution is -2.26. The number of carbonyl (C=O) groups is 1. The third-order valence-electron chi connectivity index (χ3n) is 4.05. The summed E-state index contributed by atoms with van der Waals surface area (Å²) >= 11 is 0. The SMILES string of the molecule is Cc1cn(C)c(=O)n1-c1ccccc1C1(C(=O)O)CC1. The molecular formula is C15H16N2O3. The molecule has 0 spiro atoms. The standard InChI is InChI=1S/C15H16N2O3/c1-10-9-16(2)14(20)17(10)12-6-4-3-5-11(12)15(7-8-15)13(18)19/h3-6,9H,7-8H2,1-2H3,(H,18,19). The van der Waals surface area contributed by atoms with Crippen LogP contribution in [0, 0.1) is 6.92 Å². The highest BCUT2D eigenvalue weighted by Gasteiger charge is 2.53. The fourth-order valence-electron chi connectivity index (χ4n) is 2.79. The van der Waals surface area contributed by atoms with Gasteiger partial charge in [-0.25, -0.2) is 4.79 Å². The topological polar surface area (TPSA) is 64.2 Å². The Morgan fingerprint density at radius 3 is 2.45 bits per heavy atom. The molecule has 104 valence electrons. The van der Waals surface area contributed by atoms with Gasteiger partial charge >= 0.3 is 11.7 Å². The van der Waals surface area contributed by atoms with E-state index in [1.54, 1.807) is 17.8 Å². The summed E-state index contributed by atoms with van der Waals surface area (Å²) < 4.78 is 3.09. The van der Waals surface area contributed by atoms with Gasteiger partial charge in [0.05, 0.1) is 11.1 Å². The number of benzene rings is 1. The highest BCUT2D eigenvalue weighted by atomic mass is 16.4. The maximum Gasteiger partial charge on any atom is 0.332 e. The number of carboxylic acids is 1. The molecule has 0 aliphatic heterocycles. The van der Waals surface area contributed by atoms with Crippen LogP contribution in [0.5, 0.6) is 0 Å². The second-order valence-electron chi connectivity index (χ2n) is 5.40. The molecule has 2 aromatic rings. The molecule has 0 bridgehead atoms. The van der Waals surface area contributed by atoms with Gasteiger partial charge in [-0.1, -0.05) is 18.2 Å². The minimum Gasteiger partial charge on any atom is -0.481 e. The van der Waals surface area contributed by atoms with E-state index in [1.165, 1.54) is 4.57 Å². The van der Waals surface area contributed by atoms with Gasteiger partial charge in [0.15, 0.2) is 0 Å². The molecule has 1 aliphatic carbocycles. The van der Waals surface area contributed by atoms with E-state index in [9.17, 15) is 14.7 Å². The van der Waals surface area contributed by atoms with Gasteiger partial charge in [-0.05, 0) is 31.4 Å². The van der Waals surface area contributed by atoms with Gasteiger partial charge in [0.25, 0.3) is 0 Å². The van der Waals surface area contributed by atoms with Crippen LogP contribution >= 0.6 is 0 Å². The molecule has 1 heterocycles. The maximum atomic E-state index is 12.2. The number of hydrogen-bond acceptors (Lipinski definition) is 2. The van der Waals surface area contributed by atoms with Crippen molar-refractivity contribution in [1.82, 2.24) is 9.13 Å². The Balaban J connectivity index is 2.27. The molecule has 1 aliphatic rings. The number of para-hydroxylation sites is 1. The van der Waals surface area contributed by atoms with Crippen LogP contribution in [0.2, 0.25) is 0 Å². The van der Waals surface area contributed by atoms with Crippen molar-refractivity contribution in [3.05, 3.63) is 52.2 Å². The van der Waals surface area contributed by atoms with Crippen molar-refractivity contribution in [3.63, 3.8) is 0 Å². The molecule has 0 saturated heterocycles.